The number of H-pyrrole nitrogens is 1. The fourth-order valence-corrected chi connectivity index (χ4v) is 2.30. The number of hydrogen-bond donors (Lipinski definition) is 1. The first-order valence-electron chi connectivity index (χ1n) is 6.08. The first-order chi connectivity index (χ1) is 9.15. The zero-order valence-corrected chi connectivity index (χ0v) is 10.5. The van der Waals surface area contributed by atoms with Gasteiger partial charge in [-0.15, -0.1) is 0 Å². The second-order valence-electron chi connectivity index (χ2n) is 4.64. The SMILES string of the molecule is Cc1cccc(Cn2c(=O)[nH]c3c(F)cccc32)c1. The van der Waals surface area contributed by atoms with Crippen LogP contribution in [-0.4, -0.2) is 9.55 Å². The summed E-state index contributed by atoms with van der Waals surface area (Å²) in [5, 5.41) is 0. The lowest BCUT2D eigenvalue weighted by Crippen LogP contribution is -2.17. The van der Waals surface area contributed by atoms with E-state index in [2.05, 4.69) is 4.98 Å². The number of nitrogens with zero attached hydrogens (tertiary/aromatic N) is 1. The molecule has 0 saturated heterocycles. The van der Waals surface area contributed by atoms with Crippen molar-refractivity contribution in [3.63, 3.8) is 0 Å². The Morgan fingerprint density at radius 1 is 1.21 bits per heavy atom. The van der Waals surface area contributed by atoms with Crippen LogP contribution in [0.3, 0.4) is 0 Å². The van der Waals surface area contributed by atoms with Crippen molar-refractivity contribution in [2.75, 3.05) is 0 Å². The molecule has 0 fully saturated rings. The Morgan fingerprint density at radius 2 is 2.00 bits per heavy atom. The molecular weight excluding hydrogens is 243 g/mol. The first-order valence-corrected chi connectivity index (χ1v) is 6.08. The molecule has 3 nitrogen and oxygen atoms in total. The number of fused-ring (bicyclic) bond motifs is 1. The molecule has 3 aromatic rings. The Bertz CT molecular complexity index is 801. The van der Waals surface area contributed by atoms with E-state index in [0.717, 1.165) is 11.1 Å². The monoisotopic (exact) mass is 256 g/mol. The van der Waals surface area contributed by atoms with Crippen LogP contribution in [0.2, 0.25) is 0 Å². The first kappa shape index (κ1) is 11.7. The van der Waals surface area contributed by atoms with E-state index in [4.69, 9.17) is 0 Å². The number of aromatic nitrogens is 2. The number of para-hydroxylation sites is 1. The number of halogens is 1. The van der Waals surface area contributed by atoms with Crippen molar-refractivity contribution in [3.8, 4) is 0 Å². The zero-order chi connectivity index (χ0) is 13.4. The van der Waals surface area contributed by atoms with Crippen molar-refractivity contribution in [1.82, 2.24) is 9.55 Å². The lowest BCUT2D eigenvalue weighted by molar-refractivity contribution is 0.637. The van der Waals surface area contributed by atoms with Crippen LogP contribution >= 0.6 is 0 Å². The maximum Gasteiger partial charge on any atom is 0.326 e. The van der Waals surface area contributed by atoms with Crippen LogP contribution in [0.4, 0.5) is 4.39 Å². The number of hydrogen-bond acceptors (Lipinski definition) is 1. The van der Waals surface area contributed by atoms with Crippen LogP contribution in [0.5, 0.6) is 0 Å². The van der Waals surface area contributed by atoms with E-state index in [9.17, 15) is 9.18 Å². The highest BCUT2D eigenvalue weighted by molar-refractivity contribution is 5.75. The van der Waals surface area contributed by atoms with Crippen LogP contribution in [0.15, 0.2) is 47.3 Å². The minimum absolute atomic E-state index is 0.264. The quantitative estimate of drug-likeness (QED) is 0.752. The van der Waals surface area contributed by atoms with Gasteiger partial charge in [-0.1, -0.05) is 35.9 Å². The van der Waals surface area contributed by atoms with Gasteiger partial charge in [0.25, 0.3) is 0 Å². The van der Waals surface area contributed by atoms with E-state index >= 15 is 0 Å². The molecule has 0 atom stereocenters. The van der Waals surface area contributed by atoms with E-state index in [1.165, 1.54) is 6.07 Å². The van der Waals surface area contributed by atoms with Crippen molar-refractivity contribution in [2.24, 2.45) is 0 Å². The predicted octanol–water partition coefficient (Wildman–Crippen LogP) is 2.83. The summed E-state index contributed by atoms with van der Waals surface area (Å²) in [6.45, 7) is 2.44. The molecule has 3 rings (SSSR count). The molecule has 19 heavy (non-hydrogen) atoms. The van der Waals surface area contributed by atoms with Crippen LogP contribution in [0, 0.1) is 12.7 Å². The molecular formula is C15H13FN2O. The number of aromatic amines is 1. The molecule has 0 amide bonds. The molecule has 1 N–H and O–H groups in total. The minimum Gasteiger partial charge on any atom is -0.303 e. The number of benzene rings is 2. The second-order valence-corrected chi connectivity index (χ2v) is 4.64. The lowest BCUT2D eigenvalue weighted by Gasteiger charge is -2.04. The van der Waals surface area contributed by atoms with Gasteiger partial charge in [0.1, 0.15) is 11.3 Å². The molecule has 0 spiro atoms. The van der Waals surface area contributed by atoms with Gasteiger partial charge in [0.15, 0.2) is 0 Å². The number of aryl methyl sites for hydroxylation is 1. The van der Waals surface area contributed by atoms with E-state index in [0.29, 0.717) is 12.1 Å². The normalized spacial score (nSPS) is 11.1. The highest BCUT2D eigenvalue weighted by atomic mass is 19.1. The Labute approximate surface area is 109 Å². The van der Waals surface area contributed by atoms with Gasteiger partial charge in [-0.2, -0.15) is 0 Å². The predicted molar refractivity (Wildman–Crippen MR) is 72.8 cm³/mol. The smallest absolute Gasteiger partial charge is 0.303 e. The minimum atomic E-state index is -0.405. The van der Waals surface area contributed by atoms with E-state index < -0.39 is 5.82 Å². The highest BCUT2D eigenvalue weighted by Crippen LogP contribution is 2.15. The van der Waals surface area contributed by atoms with Gasteiger partial charge in [0.2, 0.25) is 0 Å². The van der Waals surface area contributed by atoms with E-state index in [1.54, 1.807) is 16.7 Å². The summed E-state index contributed by atoms with van der Waals surface area (Å²) in [6.07, 6.45) is 0. The van der Waals surface area contributed by atoms with Crippen molar-refractivity contribution in [1.29, 1.82) is 0 Å². The molecule has 0 radical (unpaired) electrons. The summed E-state index contributed by atoms with van der Waals surface area (Å²) in [6, 6.07) is 12.6. The van der Waals surface area contributed by atoms with Crippen molar-refractivity contribution >= 4 is 11.0 Å². The number of nitrogens with one attached hydrogen (secondary N) is 1. The molecule has 1 heterocycles. The highest BCUT2D eigenvalue weighted by Gasteiger charge is 2.10. The molecule has 0 saturated carbocycles. The molecule has 0 unspecified atom stereocenters. The van der Waals surface area contributed by atoms with Gasteiger partial charge >= 0.3 is 5.69 Å². The van der Waals surface area contributed by atoms with Gasteiger partial charge < -0.3 is 4.98 Å². The summed E-state index contributed by atoms with van der Waals surface area (Å²) < 4.78 is 15.1. The third-order valence-corrected chi connectivity index (χ3v) is 3.18. The lowest BCUT2D eigenvalue weighted by atomic mass is 10.1. The zero-order valence-electron chi connectivity index (χ0n) is 10.5. The molecule has 0 aliphatic carbocycles. The standard InChI is InChI=1S/C15H13FN2O/c1-10-4-2-5-11(8-10)9-18-13-7-3-6-12(16)14(13)17-15(18)19/h2-8H,9H2,1H3,(H,17,19). The molecule has 2 aromatic carbocycles. The van der Waals surface area contributed by atoms with Gasteiger partial charge in [-0.05, 0) is 24.6 Å². The van der Waals surface area contributed by atoms with E-state index in [-0.39, 0.29) is 11.2 Å². The topological polar surface area (TPSA) is 37.8 Å². The van der Waals surface area contributed by atoms with Gasteiger partial charge in [-0.25, -0.2) is 9.18 Å². The Balaban J connectivity index is 2.13. The molecule has 4 heteroatoms. The Hall–Kier alpha value is -2.36. The van der Waals surface area contributed by atoms with E-state index in [1.807, 2.05) is 31.2 Å². The summed E-state index contributed by atoms with van der Waals surface area (Å²) in [7, 11) is 0. The maximum absolute atomic E-state index is 13.6. The van der Waals surface area contributed by atoms with Crippen molar-refractivity contribution < 1.29 is 4.39 Å². The summed E-state index contributed by atoms with van der Waals surface area (Å²) in [5.74, 6) is -0.405. The summed E-state index contributed by atoms with van der Waals surface area (Å²) in [5.41, 5.74) is 2.72. The summed E-state index contributed by atoms with van der Waals surface area (Å²) in [4.78, 5) is 14.5. The molecule has 0 aliphatic heterocycles. The molecule has 0 aliphatic rings. The maximum atomic E-state index is 13.6. The van der Waals surface area contributed by atoms with Crippen molar-refractivity contribution in [3.05, 3.63) is 69.9 Å². The van der Waals surface area contributed by atoms with Crippen LogP contribution in [0.1, 0.15) is 11.1 Å². The third-order valence-electron chi connectivity index (χ3n) is 3.18. The number of rotatable bonds is 2. The van der Waals surface area contributed by atoms with Gasteiger partial charge in [0, 0.05) is 0 Å². The average Bonchev–Trinajstić information content (AvgIpc) is 2.69. The van der Waals surface area contributed by atoms with Gasteiger partial charge in [0.05, 0.1) is 12.1 Å². The molecule has 1 aromatic heterocycles. The van der Waals surface area contributed by atoms with Crippen LogP contribution in [-0.2, 0) is 6.54 Å². The Kier molecular flexibility index (Phi) is 2.71. The fraction of sp³-hybridized carbons (Fsp3) is 0.133. The second kappa shape index (κ2) is 4.39. The third kappa shape index (κ3) is 2.05. The largest absolute Gasteiger partial charge is 0.326 e. The summed E-state index contributed by atoms with van der Waals surface area (Å²) >= 11 is 0. The van der Waals surface area contributed by atoms with Gasteiger partial charge in [-0.3, -0.25) is 4.57 Å². The average molecular weight is 256 g/mol. The fourth-order valence-electron chi connectivity index (χ4n) is 2.30. The van der Waals surface area contributed by atoms with Crippen LogP contribution < -0.4 is 5.69 Å². The van der Waals surface area contributed by atoms with Crippen LogP contribution in [0.25, 0.3) is 11.0 Å². The number of imidazole rings is 1. The van der Waals surface area contributed by atoms with Crippen molar-refractivity contribution in [2.45, 2.75) is 13.5 Å². The molecule has 0 bridgehead atoms. The Morgan fingerprint density at radius 3 is 2.79 bits per heavy atom. The molecule has 96 valence electrons.